The fourth-order valence-corrected chi connectivity index (χ4v) is 4.45. The highest BCUT2D eigenvalue weighted by Crippen LogP contribution is 2.39. The van der Waals surface area contributed by atoms with Gasteiger partial charge in [0.25, 0.3) is 5.91 Å². The summed E-state index contributed by atoms with van der Waals surface area (Å²) in [6.45, 7) is 2.45. The number of benzene rings is 3. The van der Waals surface area contributed by atoms with Crippen LogP contribution in [0.5, 0.6) is 5.75 Å². The first-order valence-electron chi connectivity index (χ1n) is 12.6. The highest BCUT2D eigenvalue weighted by molar-refractivity contribution is 6.36. The van der Waals surface area contributed by atoms with E-state index in [-0.39, 0.29) is 35.0 Å². The van der Waals surface area contributed by atoms with Crippen LogP contribution in [0.25, 0.3) is 11.1 Å². The molecule has 3 aromatic carbocycles. The molecule has 0 spiro atoms. The molecule has 40 heavy (non-hydrogen) atoms. The lowest BCUT2D eigenvalue weighted by Gasteiger charge is -2.21. The molecule has 1 atom stereocenters. The summed E-state index contributed by atoms with van der Waals surface area (Å²) in [7, 11) is 0. The number of carbonyl (C=O) groups excluding carboxylic acids is 1. The molecule has 0 fully saturated rings. The van der Waals surface area contributed by atoms with E-state index in [9.17, 15) is 22.8 Å². The Kier molecular flexibility index (Phi) is 11.1. The molecule has 214 valence electrons. The highest BCUT2D eigenvalue weighted by Gasteiger charge is 2.31. The number of halogens is 5. The number of ether oxygens (including phenoxy) is 1. The second-order valence-corrected chi connectivity index (χ2v) is 9.92. The van der Waals surface area contributed by atoms with Gasteiger partial charge in [0, 0.05) is 33.9 Å². The van der Waals surface area contributed by atoms with Crippen LogP contribution in [0.3, 0.4) is 0 Å². The topological polar surface area (TPSA) is 87.7 Å². The molecule has 3 aromatic rings. The van der Waals surface area contributed by atoms with E-state index in [1.807, 2.05) is 0 Å². The Morgan fingerprint density at radius 1 is 0.975 bits per heavy atom. The zero-order valence-electron chi connectivity index (χ0n) is 21.7. The third kappa shape index (κ3) is 9.06. The van der Waals surface area contributed by atoms with Crippen LogP contribution >= 0.6 is 23.2 Å². The predicted octanol–water partition coefficient (Wildman–Crippen LogP) is 7.93. The van der Waals surface area contributed by atoms with Gasteiger partial charge in [0.1, 0.15) is 12.4 Å². The Morgan fingerprint density at radius 3 is 2.20 bits per heavy atom. The number of carbonyl (C=O) groups is 2. The van der Waals surface area contributed by atoms with Crippen molar-refractivity contribution in [3.8, 4) is 16.9 Å². The summed E-state index contributed by atoms with van der Waals surface area (Å²) in [4.78, 5) is 22.8. The van der Waals surface area contributed by atoms with Gasteiger partial charge in [0.2, 0.25) is 0 Å². The SMILES string of the molecule is CCCC[C@@H](COc1ccc(-c2ccc(C(F)(F)F)cc2Cl)c(Cl)c1)Nc1ccc(C(=O)NCCC(=O)O)cc1. The zero-order chi connectivity index (χ0) is 29.3. The minimum Gasteiger partial charge on any atom is -0.491 e. The van der Waals surface area contributed by atoms with Gasteiger partial charge in [0.15, 0.2) is 0 Å². The van der Waals surface area contributed by atoms with Gasteiger partial charge in [-0.1, -0.05) is 49.0 Å². The maximum Gasteiger partial charge on any atom is 0.416 e. The van der Waals surface area contributed by atoms with Gasteiger partial charge in [-0.25, -0.2) is 0 Å². The van der Waals surface area contributed by atoms with Gasteiger partial charge >= 0.3 is 12.1 Å². The number of alkyl halides is 3. The number of anilines is 1. The van der Waals surface area contributed by atoms with Crippen molar-refractivity contribution in [3.63, 3.8) is 0 Å². The summed E-state index contributed by atoms with van der Waals surface area (Å²) < 4.78 is 44.9. The van der Waals surface area contributed by atoms with Crippen LogP contribution in [0.2, 0.25) is 10.0 Å². The first kappa shape index (κ1) is 31.1. The molecule has 1 amide bonds. The average molecular weight is 597 g/mol. The standard InChI is InChI=1S/C29H29Cl2F3N2O4/c1-2-3-4-21(36-20-8-5-18(6-9-20)28(39)35-14-13-27(37)38)17-40-22-10-12-24(26(31)16-22)23-11-7-19(15-25(23)30)29(32,33)34/h5-12,15-16,21,36H,2-4,13-14,17H2,1H3,(H,35,39)(H,37,38)/t21-/m0/s1. The molecule has 0 aliphatic carbocycles. The maximum atomic E-state index is 13.0. The van der Waals surface area contributed by atoms with Gasteiger partial charge < -0.3 is 20.5 Å². The molecule has 0 bridgehead atoms. The molecule has 0 heterocycles. The first-order valence-corrected chi connectivity index (χ1v) is 13.4. The molecule has 0 unspecified atom stereocenters. The Morgan fingerprint density at radius 2 is 1.62 bits per heavy atom. The summed E-state index contributed by atoms with van der Waals surface area (Å²) >= 11 is 12.6. The largest absolute Gasteiger partial charge is 0.491 e. The summed E-state index contributed by atoms with van der Waals surface area (Å²) in [5.74, 6) is -0.841. The number of carboxylic acid groups (broad SMARTS) is 1. The van der Waals surface area contributed by atoms with Crippen molar-refractivity contribution >= 4 is 40.8 Å². The Bertz CT molecular complexity index is 1320. The molecule has 0 saturated carbocycles. The van der Waals surface area contributed by atoms with Crippen LogP contribution in [-0.2, 0) is 11.0 Å². The lowest BCUT2D eigenvalue weighted by molar-refractivity contribution is -0.138. The van der Waals surface area contributed by atoms with Crippen molar-refractivity contribution in [1.82, 2.24) is 5.32 Å². The van der Waals surface area contributed by atoms with E-state index in [1.54, 1.807) is 42.5 Å². The van der Waals surface area contributed by atoms with E-state index in [0.717, 1.165) is 37.1 Å². The van der Waals surface area contributed by atoms with Crippen molar-refractivity contribution in [2.24, 2.45) is 0 Å². The fourth-order valence-electron chi connectivity index (χ4n) is 3.90. The van der Waals surface area contributed by atoms with E-state index >= 15 is 0 Å². The molecule has 11 heteroatoms. The van der Waals surface area contributed by atoms with Crippen LogP contribution in [0, 0.1) is 0 Å². The summed E-state index contributed by atoms with van der Waals surface area (Å²) in [6, 6.07) is 14.9. The molecule has 0 aromatic heterocycles. The Balaban J connectivity index is 1.64. The van der Waals surface area contributed by atoms with Gasteiger partial charge in [-0.15, -0.1) is 0 Å². The van der Waals surface area contributed by atoms with Crippen LogP contribution in [0.15, 0.2) is 60.7 Å². The Hall–Kier alpha value is -3.43. The van der Waals surface area contributed by atoms with Crippen molar-refractivity contribution in [2.45, 2.75) is 44.8 Å². The summed E-state index contributed by atoms with van der Waals surface area (Å²) in [6.07, 6.45) is -1.88. The highest BCUT2D eigenvalue weighted by atomic mass is 35.5. The number of aliphatic carboxylic acids is 1. The molecular weight excluding hydrogens is 568 g/mol. The van der Waals surface area contributed by atoms with E-state index in [2.05, 4.69) is 17.6 Å². The van der Waals surface area contributed by atoms with Crippen molar-refractivity contribution < 1.29 is 32.6 Å². The molecule has 0 aliphatic rings. The average Bonchev–Trinajstić information content (AvgIpc) is 2.90. The number of rotatable bonds is 13. The predicted molar refractivity (Wildman–Crippen MR) is 150 cm³/mol. The lowest BCUT2D eigenvalue weighted by Crippen LogP contribution is -2.27. The molecule has 3 rings (SSSR count). The van der Waals surface area contributed by atoms with E-state index in [1.165, 1.54) is 6.07 Å². The normalized spacial score (nSPS) is 12.1. The second kappa shape index (κ2) is 14.3. The molecule has 6 nitrogen and oxygen atoms in total. The third-order valence-electron chi connectivity index (χ3n) is 6.03. The molecule has 0 saturated heterocycles. The van der Waals surface area contributed by atoms with E-state index < -0.39 is 17.7 Å². The minimum absolute atomic E-state index is 0.0486. The summed E-state index contributed by atoms with van der Waals surface area (Å²) in [5.41, 5.74) is 1.24. The smallest absolute Gasteiger partial charge is 0.416 e. The maximum absolute atomic E-state index is 13.0. The molecule has 3 N–H and O–H groups in total. The van der Waals surface area contributed by atoms with Gasteiger partial charge in [0.05, 0.1) is 23.0 Å². The van der Waals surface area contributed by atoms with E-state index in [0.29, 0.717) is 29.0 Å². The first-order chi connectivity index (χ1) is 19.0. The molecular formula is C29H29Cl2F3N2O4. The number of nitrogens with one attached hydrogen (secondary N) is 2. The number of amides is 1. The number of carboxylic acids is 1. The van der Waals surface area contributed by atoms with Crippen LogP contribution in [-0.4, -0.2) is 36.2 Å². The number of hydrogen-bond donors (Lipinski definition) is 3. The minimum atomic E-state index is -4.49. The monoisotopic (exact) mass is 596 g/mol. The lowest BCUT2D eigenvalue weighted by atomic mass is 10.0. The summed E-state index contributed by atoms with van der Waals surface area (Å²) in [5, 5.41) is 14.9. The molecule has 0 radical (unpaired) electrons. The van der Waals surface area contributed by atoms with Gasteiger partial charge in [-0.05, 0) is 61.0 Å². The van der Waals surface area contributed by atoms with Crippen molar-refractivity contribution in [1.29, 1.82) is 0 Å². The van der Waals surface area contributed by atoms with Crippen LogP contribution < -0.4 is 15.4 Å². The van der Waals surface area contributed by atoms with Crippen LogP contribution in [0.4, 0.5) is 18.9 Å². The quantitative estimate of drug-likeness (QED) is 0.186. The number of unbranched alkanes of at least 4 members (excludes halogenated alkanes) is 1. The second-order valence-electron chi connectivity index (χ2n) is 9.11. The van der Waals surface area contributed by atoms with Crippen molar-refractivity contribution in [2.75, 3.05) is 18.5 Å². The third-order valence-corrected chi connectivity index (χ3v) is 6.65. The number of hydrogen-bond acceptors (Lipinski definition) is 4. The van der Waals surface area contributed by atoms with E-state index in [4.69, 9.17) is 33.0 Å². The van der Waals surface area contributed by atoms with Crippen molar-refractivity contribution in [3.05, 3.63) is 81.8 Å². The van der Waals surface area contributed by atoms with Crippen LogP contribution in [0.1, 0.15) is 48.5 Å². The van der Waals surface area contributed by atoms with Gasteiger partial charge in [-0.3, -0.25) is 9.59 Å². The Labute approximate surface area is 240 Å². The zero-order valence-corrected chi connectivity index (χ0v) is 23.2. The fraction of sp³-hybridized carbons (Fsp3) is 0.310. The molecule has 0 aliphatic heterocycles. The van der Waals surface area contributed by atoms with Gasteiger partial charge in [-0.2, -0.15) is 13.2 Å².